The standard InChI is InChI=1S/C44H82NO8P/c1-6-8-10-12-14-16-18-20-22-24-26-28-30-32-34-36-43(46)50-40-42(41-52-54(48,49)51-39-38-45(3,4)5)53-44(47)37-35-33-31-29-27-25-23-21-19-17-15-13-11-9-7-2/h25,27,30-33,42H,6-24,26,28-29,34-41H2,1-5H3/b27-25-,32-30-,33-31-. The molecule has 0 aromatic heterocycles. The van der Waals surface area contributed by atoms with Crippen molar-refractivity contribution in [2.45, 2.75) is 187 Å². The maximum atomic E-state index is 12.6. The first-order valence-electron chi connectivity index (χ1n) is 21.7. The van der Waals surface area contributed by atoms with Crippen LogP contribution in [0.2, 0.25) is 0 Å². The van der Waals surface area contributed by atoms with Crippen molar-refractivity contribution in [3.63, 3.8) is 0 Å². The zero-order valence-corrected chi connectivity index (χ0v) is 36.3. The second-order valence-corrected chi connectivity index (χ2v) is 17.1. The Morgan fingerprint density at radius 3 is 1.50 bits per heavy atom. The van der Waals surface area contributed by atoms with Crippen LogP contribution in [0.15, 0.2) is 36.5 Å². The molecule has 2 unspecified atom stereocenters. The highest BCUT2D eigenvalue weighted by Crippen LogP contribution is 2.38. The number of ether oxygens (including phenoxy) is 2. The van der Waals surface area contributed by atoms with Crippen molar-refractivity contribution in [3.05, 3.63) is 36.5 Å². The Balaban J connectivity index is 4.48. The minimum absolute atomic E-state index is 0.0444. The number of carbonyl (C=O) groups is 2. The fourth-order valence-electron chi connectivity index (χ4n) is 5.72. The van der Waals surface area contributed by atoms with Crippen molar-refractivity contribution >= 4 is 19.8 Å². The minimum Gasteiger partial charge on any atom is -0.756 e. The van der Waals surface area contributed by atoms with Crippen molar-refractivity contribution in [2.24, 2.45) is 0 Å². The van der Waals surface area contributed by atoms with Gasteiger partial charge >= 0.3 is 11.9 Å². The molecule has 0 radical (unpaired) electrons. The molecule has 0 N–H and O–H groups in total. The summed E-state index contributed by atoms with van der Waals surface area (Å²) in [6, 6.07) is 0. The van der Waals surface area contributed by atoms with Gasteiger partial charge in [-0.3, -0.25) is 14.2 Å². The number of carbonyl (C=O) groups excluding carboxylic acids is 2. The number of unbranched alkanes of at least 4 members (excludes halogenated alkanes) is 19. The molecular formula is C44H82NO8P. The molecule has 0 aliphatic heterocycles. The lowest BCUT2D eigenvalue weighted by Crippen LogP contribution is -2.37. The van der Waals surface area contributed by atoms with E-state index in [9.17, 15) is 19.0 Å². The Morgan fingerprint density at radius 1 is 0.574 bits per heavy atom. The summed E-state index contributed by atoms with van der Waals surface area (Å²) < 4.78 is 33.7. The van der Waals surface area contributed by atoms with Gasteiger partial charge in [0, 0.05) is 12.8 Å². The lowest BCUT2D eigenvalue weighted by Gasteiger charge is -2.28. The molecule has 10 heteroatoms. The molecule has 0 heterocycles. The Labute approximate surface area is 331 Å². The quantitative estimate of drug-likeness (QED) is 0.0199. The molecule has 0 aliphatic rings. The minimum atomic E-state index is -4.64. The summed E-state index contributed by atoms with van der Waals surface area (Å²) >= 11 is 0. The zero-order valence-electron chi connectivity index (χ0n) is 35.4. The van der Waals surface area contributed by atoms with Crippen LogP contribution in [-0.4, -0.2) is 70.0 Å². The number of quaternary nitrogens is 1. The van der Waals surface area contributed by atoms with Crippen molar-refractivity contribution in [1.82, 2.24) is 0 Å². The molecule has 0 aromatic rings. The van der Waals surface area contributed by atoms with E-state index in [1.807, 2.05) is 39.4 Å². The molecule has 0 rings (SSSR count). The van der Waals surface area contributed by atoms with Crippen LogP contribution in [0.4, 0.5) is 0 Å². The summed E-state index contributed by atoms with van der Waals surface area (Å²) in [7, 11) is 1.12. The van der Waals surface area contributed by atoms with Gasteiger partial charge in [0.05, 0.1) is 27.7 Å². The summed E-state index contributed by atoms with van der Waals surface area (Å²) in [5.74, 6) is -0.968. The number of phosphoric ester groups is 1. The Hall–Kier alpha value is -1.77. The van der Waals surface area contributed by atoms with Gasteiger partial charge in [-0.05, 0) is 44.9 Å². The second-order valence-electron chi connectivity index (χ2n) is 15.7. The number of hydrogen-bond donors (Lipinski definition) is 0. The van der Waals surface area contributed by atoms with E-state index in [1.54, 1.807) is 0 Å². The van der Waals surface area contributed by atoms with Crippen LogP contribution in [0.1, 0.15) is 181 Å². The van der Waals surface area contributed by atoms with Crippen LogP contribution in [0, 0.1) is 0 Å². The number of esters is 2. The molecule has 54 heavy (non-hydrogen) atoms. The molecule has 9 nitrogen and oxygen atoms in total. The Bertz CT molecular complexity index is 1020. The molecule has 0 fully saturated rings. The molecule has 316 valence electrons. The first-order valence-corrected chi connectivity index (χ1v) is 23.2. The van der Waals surface area contributed by atoms with Crippen molar-refractivity contribution in [2.75, 3.05) is 47.5 Å². The van der Waals surface area contributed by atoms with Gasteiger partial charge in [0.15, 0.2) is 6.10 Å². The number of hydrogen-bond acceptors (Lipinski definition) is 8. The van der Waals surface area contributed by atoms with E-state index in [0.717, 1.165) is 25.7 Å². The number of likely N-dealkylation sites (N-methyl/N-ethyl adjacent to an activating group) is 1. The van der Waals surface area contributed by atoms with Gasteiger partial charge in [-0.15, -0.1) is 0 Å². The van der Waals surface area contributed by atoms with Gasteiger partial charge in [0.1, 0.15) is 19.8 Å². The van der Waals surface area contributed by atoms with Crippen molar-refractivity contribution < 1.29 is 42.1 Å². The third-order valence-electron chi connectivity index (χ3n) is 9.16. The highest BCUT2D eigenvalue weighted by atomic mass is 31.2. The SMILES string of the molecule is CCCCCCCCCC/C=C\C/C=C\CCC(=O)OC(COC(=O)CC/C=C\CCCCCCCCCCCCC)COP(=O)([O-])OCC[N+](C)(C)C. The maximum absolute atomic E-state index is 12.6. The fraction of sp³-hybridized carbons (Fsp3) is 0.818. The van der Waals surface area contributed by atoms with E-state index in [1.165, 1.54) is 116 Å². The number of phosphoric acid groups is 1. The Kier molecular flexibility index (Phi) is 35.6. The van der Waals surface area contributed by atoms with E-state index in [-0.39, 0.29) is 26.1 Å². The van der Waals surface area contributed by atoms with Gasteiger partial charge in [-0.25, -0.2) is 0 Å². The smallest absolute Gasteiger partial charge is 0.306 e. The maximum Gasteiger partial charge on any atom is 0.306 e. The van der Waals surface area contributed by atoms with Gasteiger partial charge in [0.2, 0.25) is 0 Å². The third-order valence-corrected chi connectivity index (χ3v) is 10.1. The van der Waals surface area contributed by atoms with Crippen LogP contribution < -0.4 is 4.89 Å². The fourth-order valence-corrected chi connectivity index (χ4v) is 6.45. The Morgan fingerprint density at radius 2 is 1.00 bits per heavy atom. The monoisotopic (exact) mass is 784 g/mol. The molecule has 0 bridgehead atoms. The van der Waals surface area contributed by atoms with E-state index in [4.69, 9.17) is 18.5 Å². The van der Waals surface area contributed by atoms with Gasteiger partial charge < -0.3 is 27.9 Å². The summed E-state index contributed by atoms with van der Waals surface area (Å²) in [6.07, 6.45) is 40.6. The first-order chi connectivity index (χ1) is 26.0. The predicted molar refractivity (Wildman–Crippen MR) is 222 cm³/mol. The summed E-state index contributed by atoms with van der Waals surface area (Å²) in [6.45, 7) is 4.12. The highest BCUT2D eigenvalue weighted by Gasteiger charge is 2.21. The topological polar surface area (TPSA) is 111 Å². The second kappa shape index (κ2) is 36.8. The molecule has 0 spiro atoms. The highest BCUT2D eigenvalue weighted by molar-refractivity contribution is 7.45. The molecule has 0 amide bonds. The predicted octanol–water partition coefficient (Wildman–Crippen LogP) is 11.5. The summed E-state index contributed by atoms with van der Waals surface area (Å²) in [5, 5.41) is 0. The van der Waals surface area contributed by atoms with Crippen molar-refractivity contribution in [3.8, 4) is 0 Å². The molecule has 0 saturated heterocycles. The first kappa shape index (κ1) is 52.2. The molecule has 0 aliphatic carbocycles. The number of nitrogens with zero attached hydrogens (tertiary/aromatic N) is 1. The molecule has 0 saturated carbocycles. The van der Waals surface area contributed by atoms with Crippen LogP contribution in [0.5, 0.6) is 0 Å². The van der Waals surface area contributed by atoms with E-state index < -0.39 is 32.5 Å². The largest absolute Gasteiger partial charge is 0.756 e. The summed E-state index contributed by atoms with van der Waals surface area (Å²) in [5.41, 5.74) is 0. The lowest BCUT2D eigenvalue weighted by molar-refractivity contribution is -0.870. The zero-order chi connectivity index (χ0) is 40.0. The normalized spacial score (nSPS) is 14.0. The molecule has 0 aromatic carbocycles. The number of rotatable bonds is 39. The van der Waals surface area contributed by atoms with Gasteiger partial charge in [-0.2, -0.15) is 0 Å². The average molecular weight is 784 g/mol. The van der Waals surface area contributed by atoms with Crippen LogP contribution >= 0.6 is 7.82 Å². The average Bonchev–Trinajstić information content (AvgIpc) is 3.12. The van der Waals surface area contributed by atoms with E-state index >= 15 is 0 Å². The third kappa shape index (κ3) is 39.9. The molecular weight excluding hydrogens is 701 g/mol. The van der Waals surface area contributed by atoms with Crippen LogP contribution in [-0.2, 0) is 32.7 Å². The van der Waals surface area contributed by atoms with Gasteiger partial charge in [0.25, 0.3) is 7.82 Å². The van der Waals surface area contributed by atoms with Crippen LogP contribution in [0.3, 0.4) is 0 Å². The van der Waals surface area contributed by atoms with E-state index in [2.05, 4.69) is 32.1 Å². The van der Waals surface area contributed by atoms with Crippen molar-refractivity contribution in [1.29, 1.82) is 0 Å². The lowest BCUT2D eigenvalue weighted by atomic mass is 10.1. The number of allylic oxidation sites excluding steroid dienone is 6. The van der Waals surface area contributed by atoms with E-state index in [0.29, 0.717) is 23.9 Å². The summed E-state index contributed by atoms with van der Waals surface area (Å²) in [4.78, 5) is 37.4. The van der Waals surface area contributed by atoms with Gasteiger partial charge in [-0.1, -0.05) is 159 Å². The molecule has 2 atom stereocenters. The van der Waals surface area contributed by atoms with Crippen LogP contribution in [0.25, 0.3) is 0 Å².